The molecular formula is C19H21BrN2O3. The smallest absolute Gasteiger partial charge is 0.244 e. The van der Waals surface area contributed by atoms with Gasteiger partial charge >= 0.3 is 0 Å². The number of aryl methyl sites for hydroxylation is 1. The van der Waals surface area contributed by atoms with Crippen LogP contribution in [0.25, 0.3) is 0 Å². The fourth-order valence-corrected chi connectivity index (χ4v) is 2.69. The second-order valence-electron chi connectivity index (χ2n) is 5.42. The number of benzene rings is 2. The Hall–Kier alpha value is -2.34. The molecule has 0 fully saturated rings. The Bertz CT molecular complexity index is 758. The highest BCUT2D eigenvalue weighted by molar-refractivity contribution is 9.10. The number of phenols is 1. The van der Waals surface area contributed by atoms with Crippen LogP contribution in [0, 0.1) is 0 Å². The van der Waals surface area contributed by atoms with Crippen LogP contribution in [-0.4, -0.2) is 23.8 Å². The van der Waals surface area contributed by atoms with E-state index in [1.165, 1.54) is 11.8 Å². The molecule has 2 rings (SSSR count). The van der Waals surface area contributed by atoms with Crippen LogP contribution in [0.3, 0.4) is 0 Å². The monoisotopic (exact) mass is 404 g/mol. The Balaban J connectivity index is 1.96. The Morgan fingerprint density at radius 3 is 2.56 bits per heavy atom. The van der Waals surface area contributed by atoms with Crippen molar-refractivity contribution in [1.82, 2.24) is 5.43 Å². The molecule has 0 heterocycles. The summed E-state index contributed by atoms with van der Waals surface area (Å²) in [4.78, 5) is 11.9. The minimum Gasteiger partial charge on any atom is -0.503 e. The van der Waals surface area contributed by atoms with Gasteiger partial charge in [0.2, 0.25) is 5.91 Å². The average molecular weight is 405 g/mol. The number of rotatable bonds is 7. The molecule has 2 aromatic carbocycles. The molecule has 5 nitrogen and oxygen atoms in total. The van der Waals surface area contributed by atoms with E-state index in [0.29, 0.717) is 22.4 Å². The summed E-state index contributed by atoms with van der Waals surface area (Å²) >= 11 is 3.26. The first kappa shape index (κ1) is 19.0. The van der Waals surface area contributed by atoms with Crippen LogP contribution in [-0.2, 0) is 17.6 Å². The van der Waals surface area contributed by atoms with Gasteiger partial charge in [-0.1, -0.05) is 31.2 Å². The minimum atomic E-state index is -0.191. The van der Waals surface area contributed by atoms with Gasteiger partial charge in [0, 0.05) is 0 Å². The molecule has 0 bridgehead atoms. The number of amides is 1. The molecule has 25 heavy (non-hydrogen) atoms. The van der Waals surface area contributed by atoms with Crippen molar-refractivity contribution in [2.45, 2.75) is 26.7 Å². The van der Waals surface area contributed by atoms with Crippen LogP contribution in [0.1, 0.15) is 30.5 Å². The average Bonchev–Trinajstić information content (AvgIpc) is 2.60. The van der Waals surface area contributed by atoms with Crippen LogP contribution < -0.4 is 10.2 Å². The van der Waals surface area contributed by atoms with Crippen LogP contribution in [0.15, 0.2) is 46.0 Å². The van der Waals surface area contributed by atoms with Crippen molar-refractivity contribution in [3.63, 3.8) is 0 Å². The maximum absolute atomic E-state index is 11.9. The maximum atomic E-state index is 11.9. The molecule has 0 atom stereocenters. The second-order valence-corrected chi connectivity index (χ2v) is 6.28. The number of aromatic hydroxyl groups is 1. The van der Waals surface area contributed by atoms with E-state index in [4.69, 9.17) is 4.74 Å². The summed E-state index contributed by atoms with van der Waals surface area (Å²) < 4.78 is 5.86. The van der Waals surface area contributed by atoms with Gasteiger partial charge in [0.25, 0.3) is 0 Å². The molecule has 0 aliphatic heterocycles. The number of phenolic OH excluding ortho intramolecular Hbond substituents is 1. The quantitative estimate of drug-likeness (QED) is 0.544. The zero-order valence-electron chi connectivity index (χ0n) is 14.3. The van der Waals surface area contributed by atoms with Crippen molar-refractivity contribution < 1.29 is 14.6 Å². The van der Waals surface area contributed by atoms with E-state index in [2.05, 4.69) is 33.4 Å². The first-order chi connectivity index (χ1) is 12.0. The molecule has 0 aromatic heterocycles. The predicted octanol–water partition coefficient (Wildman–Crippen LogP) is 3.81. The fraction of sp³-hybridized carbons (Fsp3) is 0.263. The maximum Gasteiger partial charge on any atom is 0.244 e. The zero-order valence-corrected chi connectivity index (χ0v) is 15.8. The SMILES string of the molecule is CCOc1cc(/C=N/NC(=O)Cc2ccc(CC)cc2)cc(Br)c1O. The number of nitrogens with one attached hydrogen (secondary N) is 1. The molecule has 0 saturated carbocycles. The van der Waals surface area contributed by atoms with Crippen molar-refractivity contribution >= 4 is 28.1 Å². The summed E-state index contributed by atoms with van der Waals surface area (Å²) in [6, 6.07) is 11.3. The minimum absolute atomic E-state index is 0.0403. The molecule has 0 saturated heterocycles. The van der Waals surface area contributed by atoms with Crippen molar-refractivity contribution in [2.75, 3.05) is 6.61 Å². The van der Waals surface area contributed by atoms with E-state index in [-0.39, 0.29) is 18.1 Å². The summed E-state index contributed by atoms with van der Waals surface area (Å²) in [5, 5.41) is 13.8. The summed E-state index contributed by atoms with van der Waals surface area (Å²) in [5.74, 6) is 0.211. The van der Waals surface area contributed by atoms with E-state index in [0.717, 1.165) is 12.0 Å². The number of ether oxygens (including phenoxy) is 1. The van der Waals surface area contributed by atoms with Crippen LogP contribution in [0.4, 0.5) is 0 Å². The summed E-state index contributed by atoms with van der Waals surface area (Å²) in [6.45, 7) is 4.37. The number of carbonyl (C=O) groups excluding carboxylic acids is 1. The lowest BCUT2D eigenvalue weighted by atomic mass is 10.1. The van der Waals surface area contributed by atoms with Gasteiger partial charge in [-0.05, 0) is 58.1 Å². The number of nitrogens with zero attached hydrogens (tertiary/aromatic N) is 1. The van der Waals surface area contributed by atoms with Gasteiger partial charge < -0.3 is 9.84 Å². The largest absolute Gasteiger partial charge is 0.503 e. The topological polar surface area (TPSA) is 70.9 Å². The molecule has 0 unspecified atom stereocenters. The molecule has 6 heteroatoms. The Morgan fingerprint density at radius 1 is 1.24 bits per heavy atom. The zero-order chi connectivity index (χ0) is 18.2. The highest BCUT2D eigenvalue weighted by atomic mass is 79.9. The highest BCUT2D eigenvalue weighted by Crippen LogP contribution is 2.34. The molecule has 2 aromatic rings. The van der Waals surface area contributed by atoms with Gasteiger partial charge in [0.15, 0.2) is 11.5 Å². The molecule has 0 aliphatic rings. The summed E-state index contributed by atoms with van der Waals surface area (Å²) in [5.41, 5.74) is 5.38. The van der Waals surface area contributed by atoms with E-state index < -0.39 is 0 Å². The first-order valence-electron chi connectivity index (χ1n) is 8.08. The normalized spacial score (nSPS) is 10.8. The van der Waals surface area contributed by atoms with E-state index >= 15 is 0 Å². The van der Waals surface area contributed by atoms with Gasteiger partial charge in [-0.3, -0.25) is 4.79 Å². The first-order valence-corrected chi connectivity index (χ1v) is 8.87. The molecular weight excluding hydrogens is 384 g/mol. The molecule has 0 aliphatic carbocycles. The third kappa shape index (κ3) is 5.60. The van der Waals surface area contributed by atoms with E-state index in [1.54, 1.807) is 12.1 Å². The summed E-state index contributed by atoms with van der Waals surface area (Å²) in [7, 11) is 0. The number of halogens is 1. The van der Waals surface area contributed by atoms with Gasteiger partial charge in [-0.2, -0.15) is 5.10 Å². The number of carbonyl (C=O) groups is 1. The van der Waals surface area contributed by atoms with Crippen LogP contribution in [0.2, 0.25) is 0 Å². The fourth-order valence-electron chi connectivity index (χ4n) is 2.23. The Labute approximate surface area is 155 Å². The van der Waals surface area contributed by atoms with Gasteiger partial charge in [-0.25, -0.2) is 5.43 Å². The Kier molecular flexibility index (Phi) is 7.01. The lowest BCUT2D eigenvalue weighted by molar-refractivity contribution is -0.120. The molecule has 1 amide bonds. The number of hydrazone groups is 1. The standard InChI is InChI=1S/C19H21BrN2O3/c1-3-13-5-7-14(8-6-13)11-18(23)22-21-12-15-9-16(20)19(24)17(10-15)25-4-2/h5-10,12,24H,3-4,11H2,1-2H3,(H,22,23)/b21-12+. The van der Waals surface area contributed by atoms with Gasteiger partial charge in [0.1, 0.15) is 0 Å². The van der Waals surface area contributed by atoms with Crippen molar-refractivity contribution in [1.29, 1.82) is 0 Å². The van der Waals surface area contributed by atoms with E-state index in [1.807, 2.05) is 31.2 Å². The van der Waals surface area contributed by atoms with Gasteiger partial charge in [0.05, 0.1) is 23.7 Å². The lowest BCUT2D eigenvalue weighted by Gasteiger charge is -2.08. The summed E-state index contributed by atoms with van der Waals surface area (Å²) in [6.07, 6.45) is 2.75. The molecule has 0 radical (unpaired) electrons. The lowest BCUT2D eigenvalue weighted by Crippen LogP contribution is -2.19. The van der Waals surface area contributed by atoms with E-state index in [9.17, 15) is 9.90 Å². The number of hydrogen-bond acceptors (Lipinski definition) is 4. The van der Waals surface area contributed by atoms with Crippen LogP contribution >= 0.6 is 15.9 Å². The number of hydrogen-bond donors (Lipinski definition) is 2. The predicted molar refractivity (Wildman–Crippen MR) is 102 cm³/mol. The molecule has 132 valence electrons. The highest BCUT2D eigenvalue weighted by Gasteiger charge is 2.08. The van der Waals surface area contributed by atoms with Crippen molar-refractivity contribution in [3.05, 3.63) is 57.6 Å². The van der Waals surface area contributed by atoms with Crippen molar-refractivity contribution in [2.24, 2.45) is 5.10 Å². The third-order valence-corrected chi connectivity index (χ3v) is 4.15. The molecule has 2 N–H and O–H groups in total. The van der Waals surface area contributed by atoms with Gasteiger partial charge in [-0.15, -0.1) is 0 Å². The van der Waals surface area contributed by atoms with Crippen LogP contribution in [0.5, 0.6) is 11.5 Å². The molecule has 0 spiro atoms. The Morgan fingerprint density at radius 2 is 1.92 bits per heavy atom. The van der Waals surface area contributed by atoms with Crippen molar-refractivity contribution in [3.8, 4) is 11.5 Å². The second kappa shape index (κ2) is 9.22. The third-order valence-electron chi connectivity index (χ3n) is 3.55.